The number of fused-ring (bicyclic) bond motifs is 3. The monoisotopic (exact) mass is 935 g/mol. The molecule has 5 heterocycles. The number of amides is 2. The molecule has 1 N–H and O–H groups in total. The van der Waals surface area contributed by atoms with Crippen molar-refractivity contribution in [3.8, 4) is 22.2 Å². The van der Waals surface area contributed by atoms with Gasteiger partial charge in [0.15, 0.2) is 5.78 Å². The van der Waals surface area contributed by atoms with Gasteiger partial charge >= 0.3 is 10.2 Å². The lowest BCUT2D eigenvalue weighted by Crippen LogP contribution is -2.48. The van der Waals surface area contributed by atoms with E-state index in [0.29, 0.717) is 65.1 Å². The van der Waals surface area contributed by atoms with E-state index >= 15 is 4.79 Å². The second-order valence-electron chi connectivity index (χ2n) is 17.9. The molecule has 2 aromatic carbocycles. The Kier molecular flexibility index (Phi) is 13.6. The molecule has 3 aliphatic heterocycles. The number of hydrogen-bond acceptors (Lipinski definition) is 10. The van der Waals surface area contributed by atoms with E-state index in [-0.39, 0.29) is 42.9 Å². The number of aryl methyl sites for hydroxylation is 1. The number of allylic oxidation sites excluding steroid dienone is 2. The van der Waals surface area contributed by atoms with Crippen LogP contribution in [0.25, 0.3) is 21.6 Å². The van der Waals surface area contributed by atoms with Crippen LogP contribution in [0.4, 0.5) is 0 Å². The summed E-state index contributed by atoms with van der Waals surface area (Å²) in [5.74, 6) is -0.492. The minimum absolute atomic E-state index is 0.127. The molecule has 4 aliphatic rings. The molecule has 0 radical (unpaired) electrons. The number of pyridine rings is 1. The van der Waals surface area contributed by atoms with E-state index < -0.39 is 39.6 Å². The Morgan fingerprint density at radius 1 is 1.02 bits per heavy atom. The number of aromatic nitrogens is 2. The van der Waals surface area contributed by atoms with Crippen LogP contribution < -0.4 is 14.2 Å². The van der Waals surface area contributed by atoms with Crippen molar-refractivity contribution in [2.75, 3.05) is 26.7 Å². The molecule has 1 aliphatic carbocycles. The SMILES string of the molecule is COc1ccc2c(O[C@@H]3C[C@H]4C(=O)C[C@]5(C(=O)NS(=O)(=O)N6CCCC6)C[C@@H]5/C=C\CCCCC[C@H](Cc5ccc(Cl)c(Cl)c5)C(=O)N4C3)cc(-c3nc(C(C)C)cs3)nc2c1C. The number of nitrogens with zero attached hydrogens (tertiary/aromatic N) is 4. The Labute approximate surface area is 383 Å². The summed E-state index contributed by atoms with van der Waals surface area (Å²) in [6.45, 7) is 6.94. The van der Waals surface area contributed by atoms with E-state index in [1.54, 1.807) is 24.1 Å². The highest BCUT2D eigenvalue weighted by molar-refractivity contribution is 7.87. The third-order valence-corrected chi connectivity index (χ3v) is 16.3. The van der Waals surface area contributed by atoms with Crippen LogP contribution >= 0.6 is 34.5 Å². The summed E-state index contributed by atoms with van der Waals surface area (Å²) in [5.41, 5.74) is 2.72. The first-order chi connectivity index (χ1) is 30.2. The quantitative estimate of drug-likeness (QED) is 0.154. The van der Waals surface area contributed by atoms with Crippen molar-refractivity contribution in [1.82, 2.24) is 23.9 Å². The molecule has 8 rings (SSSR count). The van der Waals surface area contributed by atoms with Gasteiger partial charge in [-0.05, 0) is 93.5 Å². The van der Waals surface area contributed by atoms with Gasteiger partial charge in [0.25, 0.3) is 0 Å². The van der Waals surface area contributed by atoms with Crippen LogP contribution in [-0.2, 0) is 31.0 Å². The lowest BCUT2D eigenvalue weighted by Gasteiger charge is -2.29. The van der Waals surface area contributed by atoms with Crippen LogP contribution in [0.15, 0.2) is 53.9 Å². The van der Waals surface area contributed by atoms with Crippen molar-refractivity contribution < 1.29 is 32.3 Å². The number of carbonyl (C=O) groups excluding carboxylic acids is 3. The van der Waals surface area contributed by atoms with Gasteiger partial charge in [0, 0.05) is 54.2 Å². The van der Waals surface area contributed by atoms with Crippen LogP contribution in [0, 0.1) is 24.2 Å². The Bertz CT molecular complexity index is 2540. The third-order valence-electron chi connectivity index (χ3n) is 13.2. The Morgan fingerprint density at radius 2 is 1.81 bits per heavy atom. The number of hydrogen-bond donors (Lipinski definition) is 1. The molecule has 0 bridgehead atoms. The zero-order valence-corrected chi connectivity index (χ0v) is 39.3. The molecular weight excluding hydrogens is 882 g/mol. The number of Topliss-reactive ketones (excluding diaryl/α,β-unsaturated/α-hetero) is 1. The predicted octanol–water partition coefficient (Wildman–Crippen LogP) is 9.26. The molecule has 63 heavy (non-hydrogen) atoms. The maximum Gasteiger partial charge on any atom is 0.303 e. The highest BCUT2D eigenvalue weighted by Crippen LogP contribution is 2.57. The molecule has 12 nitrogen and oxygen atoms in total. The van der Waals surface area contributed by atoms with E-state index in [0.717, 1.165) is 65.7 Å². The number of halogens is 2. The van der Waals surface area contributed by atoms with Gasteiger partial charge < -0.3 is 14.4 Å². The zero-order chi connectivity index (χ0) is 44.6. The van der Waals surface area contributed by atoms with Crippen molar-refractivity contribution in [2.24, 2.45) is 17.3 Å². The standard InChI is InChI=1S/C47H55Cl2N5O7S2/c1-28(2)38-27-62-44(51-38)37-23-42(34-15-17-41(60-4)29(3)43(34)50-37)61-33-22-39-40(55)25-47(46(57)52-63(58,59)53-18-10-11-19-53)24-32(47)13-9-7-5-6-8-12-31(45(56)54(39)26-33)20-30-14-16-35(48)36(49)21-30/h9,13-17,21,23,27-28,31-33,39H,5-8,10-12,18-20,22,24-26H2,1-4H3,(H,52,57)/b13-9-/t31-,32+,33-,39+,47-/m1/s1. The Balaban J connectivity index is 1.15. The molecule has 5 atom stereocenters. The molecule has 2 amide bonds. The fraction of sp³-hybridized carbons (Fsp3) is 0.511. The lowest BCUT2D eigenvalue weighted by atomic mass is 9.90. The van der Waals surface area contributed by atoms with Crippen molar-refractivity contribution in [3.63, 3.8) is 0 Å². The van der Waals surface area contributed by atoms with Crippen molar-refractivity contribution in [1.29, 1.82) is 0 Å². The number of nitrogens with one attached hydrogen (secondary N) is 1. The summed E-state index contributed by atoms with van der Waals surface area (Å²) in [7, 11) is -2.47. The van der Waals surface area contributed by atoms with Crippen molar-refractivity contribution in [3.05, 3.63) is 80.8 Å². The van der Waals surface area contributed by atoms with E-state index in [1.165, 1.54) is 15.6 Å². The van der Waals surface area contributed by atoms with E-state index in [2.05, 4.69) is 18.6 Å². The molecule has 2 aromatic heterocycles. The predicted molar refractivity (Wildman–Crippen MR) is 247 cm³/mol. The number of ketones is 1. The summed E-state index contributed by atoms with van der Waals surface area (Å²) < 4.78 is 43.0. The molecule has 2 saturated heterocycles. The minimum atomic E-state index is -4.09. The smallest absolute Gasteiger partial charge is 0.303 e. The van der Waals surface area contributed by atoms with Crippen LogP contribution in [-0.4, -0.2) is 84.1 Å². The number of thiazole rings is 1. The van der Waals surface area contributed by atoms with Gasteiger partial charge in [-0.25, -0.2) is 14.7 Å². The maximum absolute atomic E-state index is 15.1. The Hall–Kier alpha value is -4.08. The second-order valence-corrected chi connectivity index (χ2v) is 21.2. The summed E-state index contributed by atoms with van der Waals surface area (Å²) in [4.78, 5) is 55.8. The fourth-order valence-electron chi connectivity index (χ4n) is 9.45. The highest BCUT2D eigenvalue weighted by atomic mass is 35.5. The normalized spacial score (nSPS) is 25.3. The number of benzene rings is 2. The average Bonchev–Trinajstić information content (AvgIpc) is 3.76. The minimum Gasteiger partial charge on any atom is -0.496 e. The number of rotatable bonds is 10. The first kappa shape index (κ1) is 45.5. The maximum atomic E-state index is 15.1. The lowest BCUT2D eigenvalue weighted by molar-refractivity contribution is -0.142. The summed E-state index contributed by atoms with van der Waals surface area (Å²) in [6.07, 6.45) is 9.48. The molecule has 4 aromatic rings. The average molecular weight is 937 g/mol. The molecule has 0 unspecified atom stereocenters. The molecule has 16 heteroatoms. The second kappa shape index (κ2) is 18.8. The van der Waals surface area contributed by atoms with Gasteiger partial charge in [0.1, 0.15) is 28.3 Å². The van der Waals surface area contributed by atoms with Crippen LogP contribution in [0.3, 0.4) is 0 Å². The van der Waals surface area contributed by atoms with Crippen molar-refractivity contribution >= 4 is 73.2 Å². The van der Waals surface area contributed by atoms with Crippen LogP contribution in [0.1, 0.15) is 101 Å². The van der Waals surface area contributed by atoms with Gasteiger partial charge in [-0.15, -0.1) is 11.3 Å². The molecule has 3 fully saturated rings. The zero-order valence-electron chi connectivity index (χ0n) is 36.2. The van der Waals surface area contributed by atoms with E-state index in [4.69, 9.17) is 42.6 Å². The number of methoxy groups -OCH3 is 1. The van der Waals surface area contributed by atoms with E-state index in [9.17, 15) is 18.0 Å². The Morgan fingerprint density at radius 3 is 2.54 bits per heavy atom. The molecule has 0 spiro atoms. The van der Waals surface area contributed by atoms with Gasteiger partial charge in [-0.2, -0.15) is 12.7 Å². The first-order valence-electron chi connectivity index (χ1n) is 22.0. The van der Waals surface area contributed by atoms with Gasteiger partial charge in [0.2, 0.25) is 11.8 Å². The summed E-state index contributed by atoms with van der Waals surface area (Å²) >= 11 is 14.2. The molecular formula is C47H55Cl2N5O7S2. The number of carbonyl (C=O) groups is 3. The molecule has 1 saturated carbocycles. The first-order valence-corrected chi connectivity index (χ1v) is 25.1. The van der Waals surface area contributed by atoms with Crippen molar-refractivity contribution in [2.45, 2.75) is 109 Å². The topological polar surface area (TPSA) is 148 Å². The summed E-state index contributed by atoms with van der Waals surface area (Å²) in [6, 6.07) is 10.1. The highest BCUT2D eigenvalue weighted by Gasteiger charge is 2.61. The van der Waals surface area contributed by atoms with E-state index in [1.807, 2.05) is 48.7 Å². The van der Waals surface area contributed by atoms with Crippen LogP contribution in [0.2, 0.25) is 10.0 Å². The van der Waals surface area contributed by atoms with Gasteiger partial charge in [-0.3, -0.25) is 14.4 Å². The van der Waals surface area contributed by atoms with Gasteiger partial charge in [0.05, 0.1) is 46.4 Å². The van der Waals surface area contributed by atoms with Gasteiger partial charge in [-0.1, -0.05) is 68.1 Å². The molecule has 336 valence electrons. The fourth-order valence-corrected chi connectivity index (χ4v) is 12.0. The third kappa shape index (κ3) is 9.66. The largest absolute Gasteiger partial charge is 0.496 e. The summed E-state index contributed by atoms with van der Waals surface area (Å²) in [5, 5.41) is 4.35. The number of ether oxygens (including phenoxy) is 2. The van der Waals surface area contributed by atoms with Crippen LogP contribution in [0.5, 0.6) is 11.5 Å².